The molecule has 6 heteroatoms. The van der Waals surface area contributed by atoms with Gasteiger partial charge in [-0.1, -0.05) is 0 Å². The molecule has 1 rings (SSSR count). The van der Waals surface area contributed by atoms with E-state index in [-0.39, 0.29) is 0 Å². The van der Waals surface area contributed by atoms with E-state index in [1.165, 1.54) is 11.8 Å². The van der Waals surface area contributed by atoms with E-state index < -0.39 is 12.2 Å². The zero-order chi connectivity index (χ0) is 12.7. The summed E-state index contributed by atoms with van der Waals surface area (Å²) in [5.74, 6) is 0. The van der Waals surface area contributed by atoms with Crippen molar-refractivity contribution >= 4 is 23.5 Å². The van der Waals surface area contributed by atoms with Crippen molar-refractivity contribution in [1.29, 1.82) is 0 Å². The van der Waals surface area contributed by atoms with E-state index in [0.29, 0.717) is 19.6 Å². The number of hydrogen-bond donors (Lipinski definition) is 2. The van der Waals surface area contributed by atoms with Crippen LogP contribution in [0.2, 0.25) is 0 Å². The zero-order valence-corrected chi connectivity index (χ0v) is 10.8. The summed E-state index contributed by atoms with van der Waals surface area (Å²) in [6.45, 7) is 5.12. The molecule has 1 fully saturated rings. The molecule has 0 amide bonds. The summed E-state index contributed by atoms with van der Waals surface area (Å²) < 4.78 is 0. The van der Waals surface area contributed by atoms with Crippen LogP contribution in [0.5, 0.6) is 0 Å². The number of hydrogen-bond acceptors (Lipinski definition) is 6. The Balaban J connectivity index is 2.45. The van der Waals surface area contributed by atoms with E-state index >= 15 is 0 Å². The average Bonchev–Trinajstić information content (AvgIpc) is 2.34. The van der Waals surface area contributed by atoms with Crippen LogP contribution in [-0.2, 0) is 0 Å². The molecule has 0 aromatic heterocycles. The van der Waals surface area contributed by atoms with E-state index in [9.17, 15) is 10.2 Å². The molecule has 0 spiro atoms. The molecule has 1 saturated heterocycles. The van der Waals surface area contributed by atoms with Gasteiger partial charge in [0.15, 0.2) is 0 Å². The number of rotatable bonds is 4. The summed E-state index contributed by atoms with van der Waals surface area (Å²) in [5, 5.41) is 19.8. The number of thioether (sulfide) groups is 1. The minimum Gasteiger partial charge on any atom is -0.390 e. The lowest BCUT2D eigenvalue weighted by molar-refractivity contribution is -0.0374. The fraction of sp³-hybridized carbons (Fsp3) is 0.636. The molecule has 0 saturated carbocycles. The Morgan fingerprint density at radius 1 is 1.53 bits per heavy atom. The first-order valence-corrected chi connectivity index (χ1v) is 6.69. The second kappa shape index (κ2) is 7.60. The highest BCUT2D eigenvalue weighted by Crippen LogP contribution is 2.11. The van der Waals surface area contributed by atoms with Crippen LogP contribution in [0.15, 0.2) is 22.3 Å². The minimum absolute atomic E-state index is 0.468. The Hall–Kier alpha value is -0.690. The minimum atomic E-state index is -0.665. The number of aliphatic hydroxyl groups excluding tert-OH is 2. The first-order chi connectivity index (χ1) is 8.17. The van der Waals surface area contributed by atoms with E-state index in [2.05, 4.69) is 16.7 Å². The molecule has 5 nitrogen and oxygen atoms in total. The molecule has 1 aliphatic rings. The van der Waals surface area contributed by atoms with Crippen LogP contribution in [0.3, 0.4) is 0 Å². The van der Waals surface area contributed by atoms with E-state index in [1.807, 2.05) is 11.2 Å². The molecule has 0 aromatic carbocycles. The molecular weight excluding hydrogens is 238 g/mol. The monoisotopic (exact) mass is 257 g/mol. The molecule has 1 heterocycles. The van der Waals surface area contributed by atoms with Crippen LogP contribution < -0.4 is 0 Å². The Labute approximate surface area is 106 Å². The number of β-amino-alcohol motifs (C(OH)–C–C–N with tert-alkyl or cyclic N) is 1. The number of likely N-dealkylation sites (tertiary alicyclic amines) is 1. The molecule has 0 aromatic rings. The normalized spacial score (nSPS) is 27.6. The summed E-state index contributed by atoms with van der Waals surface area (Å²) in [5.41, 5.74) is 0. The largest absolute Gasteiger partial charge is 0.390 e. The predicted molar refractivity (Wildman–Crippen MR) is 72.7 cm³/mol. The molecular formula is C11H19N3O2S. The van der Waals surface area contributed by atoms with E-state index in [0.717, 1.165) is 11.6 Å². The van der Waals surface area contributed by atoms with Gasteiger partial charge in [0.05, 0.1) is 23.9 Å². The number of aliphatic hydroxyl groups is 2. The Bertz CT molecular complexity index is 307. The third kappa shape index (κ3) is 4.99. The van der Waals surface area contributed by atoms with Crippen molar-refractivity contribution in [2.24, 2.45) is 9.98 Å². The highest BCUT2D eigenvalue weighted by atomic mass is 32.2. The standard InChI is InChI=1S/C11H19N3O2S/c1-12-5-3-11(17-2)13-8-14-6-4-9(15)10(16)7-14/h3,5,9-10,15-16H,1,4,6-8H2,2H3/b5-3-,13-11+. The molecule has 2 unspecified atom stereocenters. The van der Waals surface area contributed by atoms with Crippen LogP contribution in [0, 0.1) is 0 Å². The highest BCUT2D eigenvalue weighted by molar-refractivity contribution is 8.13. The third-order valence-corrected chi connectivity index (χ3v) is 3.27. The van der Waals surface area contributed by atoms with Gasteiger partial charge in [-0.25, -0.2) is 0 Å². The van der Waals surface area contributed by atoms with Gasteiger partial charge in [0.25, 0.3) is 0 Å². The first-order valence-electron chi connectivity index (χ1n) is 5.46. The molecule has 0 bridgehead atoms. The molecule has 0 aliphatic carbocycles. The summed E-state index contributed by atoms with van der Waals surface area (Å²) in [4.78, 5) is 10.0. The first kappa shape index (κ1) is 14.4. The Kier molecular flexibility index (Phi) is 6.43. The van der Waals surface area contributed by atoms with Crippen molar-refractivity contribution in [3.05, 3.63) is 12.3 Å². The van der Waals surface area contributed by atoms with Crippen LogP contribution in [0.1, 0.15) is 6.42 Å². The molecule has 96 valence electrons. The van der Waals surface area contributed by atoms with Crippen molar-refractivity contribution in [1.82, 2.24) is 4.90 Å². The van der Waals surface area contributed by atoms with Crippen molar-refractivity contribution in [3.63, 3.8) is 0 Å². The van der Waals surface area contributed by atoms with Gasteiger partial charge < -0.3 is 10.2 Å². The second-order valence-corrected chi connectivity index (χ2v) is 4.67. The van der Waals surface area contributed by atoms with E-state index in [1.54, 1.807) is 12.3 Å². The van der Waals surface area contributed by atoms with Crippen molar-refractivity contribution in [3.8, 4) is 0 Å². The lowest BCUT2D eigenvalue weighted by atomic mass is 10.1. The topological polar surface area (TPSA) is 68.4 Å². The lowest BCUT2D eigenvalue weighted by Gasteiger charge is -2.32. The van der Waals surface area contributed by atoms with Gasteiger partial charge in [-0.2, -0.15) is 0 Å². The molecule has 1 aliphatic heterocycles. The maximum Gasteiger partial charge on any atom is 0.0933 e. The van der Waals surface area contributed by atoms with Crippen molar-refractivity contribution in [2.45, 2.75) is 18.6 Å². The summed E-state index contributed by atoms with van der Waals surface area (Å²) in [7, 11) is 0. The fourth-order valence-corrected chi connectivity index (χ4v) is 1.97. The van der Waals surface area contributed by atoms with Gasteiger partial charge in [-0.15, -0.1) is 11.8 Å². The Morgan fingerprint density at radius 3 is 2.88 bits per heavy atom. The lowest BCUT2D eigenvalue weighted by Crippen LogP contribution is -2.46. The van der Waals surface area contributed by atoms with Crippen molar-refractivity contribution < 1.29 is 10.2 Å². The number of piperidine rings is 1. The third-order valence-electron chi connectivity index (χ3n) is 2.59. The molecule has 17 heavy (non-hydrogen) atoms. The summed E-state index contributed by atoms with van der Waals surface area (Å²) in [6.07, 6.45) is 4.68. The van der Waals surface area contributed by atoms with Gasteiger partial charge in [0.2, 0.25) is 0 Å². The van der Waals surface area contributed by atoms with Crippen LogP contribution in [0.4, 0.5) is 0 Å². The second-order valence-electron chi connectivity index (χ2n) is 3.84. The van der Waals surface area contributed by atoms with Gasteiger partial charge in [0, 0.05) is 19.3 Å². The number of aliphatic imine (C=N–C) groups is 2. The highest BCUT2D eigenvalue weighted by Gasteiger charge is 2.25. The number of nitrogens with zero attached hydrogens (tertiary/aromatic N) is 3. The Morgan fingerprint density at radius 2 is 2.29 bits per heavy atom. The smallest absolute Gasteiger partial charge is 0.0933 e. The van der Waals surface area contributed by atoms with Crippen LogP contribution in [0.25, 0.3) is 0 Å². The quantitative estimate of drug-likeness (QED) is 0.563. The average molecular weight is 257 g/mol. The molecule has 2 atom stereocenters. The maximum atomic E-state index is 9.53. The van der Waals surface area contributed by atoms with E-state index in [4.69, 9.17) is 0 Å². The predicted octanol–water partition coefficient (Wildman–Crippen LogP) is 0.347. The van der Waals surface area contributed by atoms with Gasteiger partial charge in [-0.3, -0.25) is 14.9 Å². The van der Waals surface area contributed by atoms with Crippen LogP contribution in [-0.4, -0.2) is 65.1 Å². The van der Waals surface area contributed by atoms with Crippen molar-refractivity contribution in [2.75, 3.05) is 26.0 Å². The van der Waals surface area contributed by atoms with Gasteiger partial charge in [0.1, 0.15) is 0 Å². The SMILES string of the molecule is C=N/C=C\C(=N/CN1CCC(O)C(O)C1)SC. The van der Waals surface area contributed by atoms with Crippen LogP contribution >= 0.6 is 11.8 Å². The fourth-order valence-electron chi connectivity index (χ4n) is 1.58. The van der Waals surface area contributed by atoms with Gasteiger partial charge in [-0.05, 0) is 25.5 Å². The maximum absolute atomic E-state index is 9.53. The molecule has 2 N–H and O–H groups in total. The summed E-state index contributed by atoms with van der Waals surface area (Å²) >= 11 is 1.54. The summed E-state index contributed by atoms with van der Waals surface area (Å²) in [6, 6.07) is 0. The van der Waals surface area contributed by atoms with Gasteiger partial charge >= 0.3 is 0 Å². The molecule has 0 radical (unpaired) electrons. The zero-order valence-electron chi connectivity index (χ0n) is 9.99.